The topological polar surface area (TPSA) is 108 Å². The average Bonchev–Trinajstić information content (AvgIpc) is 3.62. The number of benzene rings is 2. The lowest BCUT2D eigenvalue weighted by Gasteiger charge is -2.26. The Labute approximate surface area is 224 Å². The van der Waals surface area contributed by atoms with Crippen LogP contribution in [0.3, 0.4) is 0 Å². The molecule has 2 aromatic heterocycles. The molecule has 0 unspecified atom stereocenters. The summed E-state index contributed by atoms with van der Waals surface area (Å²) in [5.41, 5.74) is 2.02. The molecular formula is C26H26N4O6S2. The second kappa shape index (κ2) is 11.4. The highest BCUT2D eigenvalue weighted by Crippen LogP contribution is 2.25. The monoisotopic (exact) mass is 554 g/mol. The lowest BCUT2D eigenvalue weighted by Crippen LogP contribution is -2.40. The van der Waals surface area contributed by atoms with E-state index in [1.165, 1.54) is 15.6 Å². The molecule has 3 heterocycles. The molecule has 0 spiro atoms. The van der Waals surface area contributed by atoms with Crippen LogP contribution in [0, 0.1) is 0 Å². The van der Waals surface area contributed by atoms with Crippen LogP contribution in [-0.2, 0) is 14.8 Å². The van der Waals surface area contributed by atoms with Crippen LogP contribution in [0.25, 0.3) is 11.5 Å². The molecule has 1 fully saturated rings. The Hall–Kier alpha value is -3.71. The Morgan fingerprint density at radius 3 is 2.50 bits per heavy atom. The summed E-state index contributed by atoms with van der Waals surface area (Å²) >= 11 is 1.38. The number of sulfonamides is 1. The molecule has 0 amide bonds. The van der Waals surface area contributed by atoms with Crippen LogP contribution in [0.15, 0.2) is 85.6 Å². The second-order valence-electron chi connectivity index (χ2n) is 8.17. The molecule has 38 heavy (non-hydrogen) atoms. The van der Waals surface area contributed by atoms with Crippen molar-refractivity contribution in [2.45, 2.75) is 4.90 Å². The third-order valence-corrected chi connectivity index (χ3v) is 8.61. The van der Waals surface area contributed by atoms with E-state index in [1.54, 1.807) is 61.7 Å². The van der Waals surface area contributed by atoms with Crippen LogP contribution in [-0.4, -0.2) is 64.1 Å². The van der Waals surface area contributed by atoms with Gasteiger partial charge in [0.1, 0.15) is 17.2 Å². The van der Waals surface area contributed by atoms with Gasteiger partial charge in [0.05, 0.1) is 50.5 Å². The fourth-order valence-corrected chi connectivity index (χ4v) is 6.13. The summed E-state index contributed by atoms with van der Waals surface area (Å²) in [5.74, 6) is 1.94. The summed E-state index contributed by atoms with van der Waals surface area (Å²) in [7, 11) is -0.397. The summed E-state index contributed by atoms with van der Waals surface area (Å²) < 4.78 is 50.7. The van der Waals surface area contributed by atoms with Crippen molar-refractivity contribution in [3.8, 4) is 23.0 Å². The van der Waals surface area contributed by atoms with Gasteiger partial charge in [-0.3, -0.25) is 0 Å². The first kappa shape index (κ1) is 25.9. The first-order valence-corrected chi connectivity index (χ1v) is 14.0. The molecule has 0 atom stereocenters. The summed E-state index contributed by atoms with van der Waals surface area (Å²) in [4.78, 5) is 5.52. The Bertz CT molecular complexity index is 1580. The Kier molecular flexibility index (Phi) is 7.74. The molecule has 0 aliphatic carbocycles. The minimum Gasteiger partial charge on any atom is -0.497 e. The molecule has 0 N–H and O–H groups in total. The number of rotatable bonds is 8. The largest absolute Gasteiger partial charge is 0.497 e. The Balaban J connectivity index is 1.52. The van der Waals surface area contributed by atoms with Crippen LogP contribution in [0.2, 0.25) is 0 Å². The maximum Gasteiger partial charge on any atom is 0.243 e. The van der Waals surface area contributed by atoms with Gasteiger partial charge in [0.15, 0.2) is 5.76 Å². The maximum absolute atomic E-state index is 13.0. The zero-order valence-corrected chi connectivity index (χ0v) is 22.4. The normalized spacial score (nSPS) is 15.3. The van der Waals surface area contributed by atoms with Crippen LogP contribution < -0.4 is 14.3 Å². The fourth-order valence-electron chi connectivity index (χ4n) is 3.88. The summed E-state index contributed by atoms with van der Waals surface area (Å²) in [5, 5.41) is 6.59. The zero-order chi connectivity index (χ0) is 26.5. The van der Waals surface area contributed by atoms with Crippen molar-refractivity contribution in [3.63, 3.8) is 0 Å². The molecule has 4 aromatic rings. The van der Waals surface area contributed by atoms with Gasteiger partial charge in [-0.05, 0) is 54.6 Å². The zero-order valence-electron chi connectivity index (χ0n) is 20.8. The molecule has 10 nitrogen and oxygen atoms in total. The van der Waals surface area contributed by atoms with Gasteiger partial charge in [0, 0.05) is 24.0 Å². The molecule has 12 heteroatoms. The molecule has 1 saturated heterocycles. The van der Waals surface area contributed by atoms with Gasteiger partial charge in [0.2, 0.25) is 14.8 Å². The van der Waals surface area contributed by atoms with Gasteiger partial charge in [-0.15, -0.1) is 11.3 Å². The fraction of sp³-hybridized carbons (Fsp3) is 0.231. The van der Waals surface area contributed by atoms with E-state index >= 15 is 0 Å². The van der Waals surface area contributed by atoms with E-state index in [4.69, 9.17) is 23.6 Å². The minimum atomic E-state index is -3.59. The van der Waals surface area contributed by atoms with Crippen LogP contribution in [0.5, 0.6) is 11.5 Å². The Morgan fingerprint density at radius 2 is 1.82 bits per heavy atom. The van der Waals surface area contributed by atoms with Crippen LogP contribution >= 0.6 is 11.3 Å². The number of thiazole rings is 1. The highest BCUT2D eigenvalue weighted by molar-refractivity contribution is 7.89. The van der Waals surface area contributed by atoms with Crippen molar-refractivity contribution in [1.82, 2.24) is 8.98 Å². The minimum absolute atomic E-state index is 0.219. The number of nitrogens with zero attached hydrogens (tertiary/aromatic N) is 4. The van der Waals surface area contributed by atoms with Gasteiger partial charge in [0.25, 0.3) is 0 Å². The molecule has 0 radical (unpaired) electrons. The van der Waals surface area contributed by atoms with Gasteiger partial charge in [-0.25, -0.2) is 18.1 Å². The molecule has 0 saturated carbocycles. The molecule has 0 bridgehead atoms. The number of morpholine rings is 1. The van der Waals surface area contributed by atoms with Crippen molar-refractivity contribution < 1.29 is 27.0 Å². The number of aromatic nitrogens is 1. The first-order chi connectivity index (χ1) is 18.5. The average molecular weight is 555 g/mol. The Morgan fingerprint density at radius 1 is 1.03 bits per heavy atom. The van der Waals surface area contributed by atoms with Crippen molar-refractivity contribution in [2.24, 2.45) is 10.1 Å². The number of furan rings is 1. The molecule has 1 aliphatic heterocycles. The predicted octanol–water partition coefficient (Wildman–Crippen LogP) is 3.96. The molecule has 1 aliphatic rings. The molecule has 2 aromatic carbocycles. The van der Waals surface area contributed by atoms with Crippen LogP contribution in [0.1, 0.15) is 5.56 Å². The van der Waals surface area contributed by atoms with Gasteiger partial charge in [-0.2, -0.15) is 9.41 Å². The van der Waals surface area contributed by atoms with E-state index in [2.05, 4.69) is 5.10 Å². The predicted molar refractivity (Wildman–Crippen MR) is 144 cm³/mol. The lowest BCUT2D eigenvalue weighted by atomic mass is 10.2. The number of methoxy groups -OCH3 is 2. The molecular weight excluding hydrogens is 528 g/mol. The van der Waals surface area contributed by atoms with E-state index in [1.807, 2.05) is 29.6 Å². The quantitative estimate of drug-likeness (QED) is 0.305. The number of ether oxygens (including phenoxy) is 3. The smallest absolute Gasteiger partial charge is 0.243 e. The highest BCUT2D eigenvalue weighted by Gasteiger charge is 2.26. The third kappa shape index (κ3) is 5.43. The standard InChI is InChI=1S/C26H26N4O6S2/c1-33-21-7-10-24(34-2)19(16-21)17-27-30-23(25-4-3-13-36-25)18-37-26(30)28-20-5-8-22(9-6-20)38(31,32)29-11-14-35-15-12-29/h3-10,13,16-18H,11-12,14-15H2,1-2H3. The van der Waals surface area contributed by atoms with E-state index in [9.17, 15) is 8.42 Å². The number of hydrogen-bond acceptors (Lipinski definition) is 9. The van der Waals surface area contributed by atoms with Crippen molar-refractivity contribution in [3.05, 3.63) is 76.6 Å². The molecule has 5 rings (SSSR count). The van der Waals surface area contributed by atoms with Gasteiger partial charge < -0.3 is 18.6 Å². The maximum atomic E-state index is 13.0. The number of hydrogen-bond donors (Lipinski definition) is 0. The summed E-state index contributed by atoms with van der Waals surface area (Å²) in [6, 6.07) is 15.6. The van der Waals surface area contributed by atoms with Crippen molar-refractivity contribution in [2.75, 3.05) is 40.5 Å². The van der Waals surface area contributed by atoms with Crippen molar-refractivity contribution >= 4 is 33.3 Å². The summed E-state index contributed by atoms with van der Waals surface area (Å²) in [6.45, 7) is 1.47. The van der Waals surface area contributed by atoms with E-state index < -0.39 is 10.0 Å². The first-order valence-electron chi connectivity index (χ1n) is 11.7. The van der Waals surface area contributed by atoms with Gasteiger partial charge in [-0.1, -0.05) is 0 Å². The van der Waals surface area contributed by atoms with E-state index in [0.29, 0.717) is 59.7 Å². The molecule has 198 valence electrons. The van der Waals surface area contributed by atoms with Gasteiger partial charge >= 0.3 is 0 Å². The second-order valence-corrected chi connectivity index (χ2v) is 10.9. The summed E-state index contributed by atoms with van der Waals surface area (Å²) in [6.07, 6.45) is 3.26. The highest BCUT2D eigenvalue weighted by atomic mass is 32.2. The van der Waals surface area contributed by atoms with Crippen molar-refractivity contribution in [1.29, 1.82) is 0 Å². The van der Waals surface area contributed by atoms with Crippen LogP contribution in [0.4, 0.5) is 5.69 Å². The SMILES string of the molecule is COc1ccc(OC)c(C=Nn2c(-c3ccco3)csc2=Nc2ccc(S(=O)(=O)N3CCOCC3)cc2)c1. The lowest BCUT2D eigenvalue weighted by molar-refractivity contribution is 0.0730. The van der Waals surface area contributed by atoms with E-state index in [-0.39, 0.29) is 4.90 Å². The van der Waals surface area contributed by atoms with E-state index in [0.717, 1.165) is 5.56 Å². The third-order valence-electron chi connectivity index (χ3n) is 5.88.